The molecule has 0 atom stereocenters. The summed E-state index contributed by atoms with van der Waals surface area (Å²) in [6.07, 6.45) is 1.09. The Bertz CT molecular complexity index is 849. The molecule has 0 aliphatic rings. The Labute approximate surface area is 144 Å². The van der Waals surface area contributed by atoms with Crippen molar-refractivity contribution >= 4 is 7.53 Å². The first-order valence-electron chi connectivity index (χ1n) is 8.26. The number of rotatable bonds is 4. The molecular formula is C23H19P. The van der Waals surface area contributed by atoms with Crippen LogP contribution in [0.15, 0.2) is 103 Å². The standard InChI is InChI=1S/C23H19P/c1-4-10-19(11-5-1)18-24-22(20-12-6-2-7-13-20)16-17-23(24)21-14-8-3-9-15-21/h1-17H,18H2. The van der Waals surface area contributed by atoms with Crippen LogP contribution in [0.3, 0.4) is 0 Å². The quantitative estimate of drug-likeness (QED) is 0.377. The lowest BCUT2D eigenvalue weighted by atomic mass is 10.2. The smallest absolute Gasteiger partial charge is 0.0122 e. The largest absolute Gasteiger partial charge is 0.104 e. The van der Waals surface area contributed by atoms with Crippen LogP contribution in [0.25, 0.3) is 21.7 Å². The normalized spacial score (nSPS) is 10.7. The van der Waals surface area contributed by atoms with Crippen molar-refractivity contribution in [1.29, 1.82) is 0 Å². The molecule has 0 amide bonds. The van der Waals surface area contributed by atoms with Crippen LogP contribution in [0, 0.1) is 0 Å². The van der Waals surface area contributed by atoms with Gasteiger partial charge in [0.05, 0.1) is 0 Å². The third kappa shape index (κ3) is 3.07. The molecule has 0 spiro atoms. The van der Waals surface area contributed by atoms with Gasteiger partial charge in [-0.1, -0.05) is 91.0 Å². The average Bonchev–Trinajstić information content (AvgIpc) is 3.07. The van der Waals surface area contributed by atoms with Crippen molar-refractivity contribution in [2.45, 2.75) is 6.16 Å². The van der Waals surface area contributed by atoms with E-state index in [-0.39, 0.29) is 7.53 Å². The second-order valence-corrected chi connectivity index (χ2v) is 8.04. The molecule has 0 unspecified atom stereocenters. The summed E-state index contributed by atoms with van der Waals surface area (Å²) in [6, 6.07) is 37.1. The van der Waals surface area contributed by atoms with Crippen molar-refractivity contribution in [3.05, 3.63) is 109 Å². The van der Waals surface area contributed by atoms with Crippen LogP contribution in [-0.2, 0) is 6.16 Å². The second-order valence-electron chi connectivity index (χ2n) is 5.91. The minimum Gasteiger partial charge on any atom is -0.104 e. The van der Waals surface area contributed by atoms with Crippen LogP contribution in [0.4, 0.5) is 0 Å². The van der Waals surface area contributed by atoms with Crippen LogP contribution in [-0.4, -0.2) is 0 Å². The molecule has 116 valence electrons. The highest BCUT2D eigenvalue weighted by atomic mass is 31.1. The maximum Gasteiger partial charge on any atom is 0.0122 e. The fourth-order valence-corrected chi connectivity index (χ4v) is 5.73. The van der Waals surface area contributed by atoms with Gasteiger partial charge in [-0.3, -0.25) is 0 Å². The summed E-state index contributed by atoms with van der Waals surface area (Å²) in [5.74, 6) is 0. The molecule has 3 aromatic carbocycles. The summed E-state index contributed by atoms with van der Waals surface area (Å²) in [5.41, 5.74) is 4.11. The molecule has 24 heavy (non-hydrogen) atoms. The predicted molar refractivity (Wildman–Crippen MR) is 106 cm³/mol. The van der Waals surface area contributed by atoms with E-state index in [1.165, 1.54) is 27.3 Å². The molecule has 0 radical (unpaired) electrons. The topological polar surface area (TPSA) is 0 Å². The molecule has 4 rings (SSSR count). The van der Waals surface area contributed by atoms with Crippen molar-refractivity contribution in [2.24, 2.45) is 0 Å². The number of hydrogen-bond donors (Lipinski definition) is 0. The monoisotopic (exact) mass is 326 g/mol. The summed E-state index contributed by atoms with van der Waals surface area (Å²) in [6.45, 7) is 0. The van der Waals surface area contributed by atoms with Gasteiger partial charge in [-0.15, -0.1) is 7.53 Å². The van der Waals surface area contributed by atoms with Crippen molar-refractivity contribution in [1.82, 2.24) is 0 Å². The van der Waals surface area contributed by atoms with Gasteiger partial charge in [-0.2, -0.15) is 0 Å². The molecule has 0 fully saturated rings. The molecule has 0 nitrogen and oxygen atoms in total. The van der Waals surface area contributed by atoms with Crippen LogP contribution in [0.5, 0.6) is 0 Å². The fraction of sp³-hybridized carbons (Fsp3) is 0.0435. The van der Waals surface area contributed by atoms with E-state index in [1.54, 1.807) is 0 Å². The van der Waals surface area contributed by atoms with Crippen LogP contribution in [0.2, 0.25) is 0 Å². The second kappa shape index (κ2) is 6.91. The van der Waals surface area contributed by atoms with Crippen molar-refractivity contribution in [3.8, 4) is 21.7 Å². The third-order valence-corrected chi connectivity index (χ3v) is 6.96. The highest BCUT2D eigenvalue weighted by Crippen LogP contribution is 2.52. The average molecular weight is 326 g/mol. The van der Waals surface area contributed by atoms with Crippen LogP contribution in [0.1, 0.15) is 5.56 Å². The van der Waals surface area contributed by atoms with E-state index < -0.39 is 0 Å². The highest BCUT2D eigenvalue weighted by Gasteiger charge is 2.13. The molecule has 0 bridgehead atoms. The van der Waals surface area contributed by atoms with Gasteiger partial charge in [0.25, 0.3) is 0 Å². The molecule has 0 saturated heterocycles. The minimum atomic E-state index is -0.379. The lowest BCUT2D eigenvalue weighted by Gasteiger charge is -2.11. The lowest BCUT2D eigenvalue weighted by molar-refractivity contribution is 1.41. The van der Waals surface area contributed by atoms with Crippen molar-refractivity contribution in [2.75, 3.05) is 0 Å². The maximum atomic E-state index is 2.33. The Kier molecular flexibility index (Phi) is 4.32. The Morgan fingerprint density at radius 1 is 0.458 bits per heavy atom. The van der Waals surface area contributed by atoms with Crippen molar-refractivity contribution in [3.63, 3.8) is 0 Å². The van der Waals surface area contributed by atoms with Gasteiger partial charge >= 0.3 is 0 Å². The third-order valence-electron chi connectivity index (χ3n) is 4.30. The molecule has 0 aliphatic heterocycles. The molecule has 1 heterocycles. The summed E-state index contributed by atoms with van der Waals surface area (Å²) >= 11 is 0. The highest BCUT2D eigenvalue weighted by molar-refractivity contribution is 7.55. The number of benzene rings is 3. The predicted octanol–water partition coefficient (Wildman–Crippen LogP) is 7.06. The molecule has 0 aliphatic carbocycles. The zero-order chi connectivity index (χ0) is 16.2. The Hall–Kier alpha value is -2.56. The van der Waals surface area contributed by atoms with E-state index in [0.717, 1.165) is 6.16 Å². The van der Waals surface area contributed by atoms with Gasteiger partial charge in [-0.25, -0.2) is 0 Å². The van der Waals surface area contributed by atoms with E-state index in [1.807, 2.05) is 0 Å². The van der Waals surface area contributed by atoms with E-state index in [0.29, 0.717) is 0 Å². The Morgan fingerprint density at radius 3 is 1.33 bits per heavy atom. The van der Waals surface area contributed by atoms with Gasteiger partial charge in [0, 0.05) is 16.8 Å². The van der Waals surface area contributed by atoms with E-state index in [9.17, 15) is 0 Å². The Balaban J connectivity index is 1.85. The summed E-state index contributed by atoms with van der Waals surface area (Å²) in [7, 11) is -0.379. The van der Waals surface area contributed by atoms with Crippen molar-refractivity contribution < 1.29 is 0 Å². The zero-order valence-electron chi connectivity index (χ0n) is 13.5. The minimum absolute atomic E-state index is 0.379. The van der Waals surface area contributed by atoms with E-state index in [2.05, 4.69) is 103 Å². The summed E-state index contributed by atoms with van der Waals surface area (Å²) in [5, 5.41) is 2.96. The van der Waals surface area contributed by atoms with E-state index >= 15 is 0 Å². The number of hydrogen-bond acceptors (Lipinski definition) is 0. The van der Waals surface area contributed by atoms with Gasteiger partial charge in [0.1, 0.15) is 0 Å². The lowest BCUT2D eigenvalue weighted by Crippen LogP contribution is -1.80. The van der Waals surface area contributed by atoms with E-state index in [4.69, 9.17) is 0 Å². The first-order valence-corrected chi connectivity index (χ1v) is 9.79. The molecular weight excluding hydrogens is 307 g/mol. The van der Waals surface area contributed by atoms with Crippen LogP contribution < -0.4 is 0 Å². The van der Waals surface area contributed by atoms with Gasteiger partial charge in [-0.05, 0) is 28.8 Å². The fourth-order valence-electron chi connectivity index (χ4n) is 3.13. The van der Waals surface area contributed by atoms with Gasteiger partial charge in [0.15, 0.2) is 0 Å². The molecule has 1 aromatic heterocycles. The maximum absolute atomic E-state index is 2.33. The molecule has 1 heteroatoms. The summed E-state index contributed by atoms with van der Waals surface area (Å²) < 4.78 is 0. The Morgan fingerprint density at radius 2 is 0.875 bits per heavy atom. The van der Waals surface area contributed by atoms with Gasteiger partial charge in [0.2, 0.25) is 0 Å². The van der Waals surface area contributed by atoms with Gasteiger partial charge < -0.3 is 0 Å². The van der Waals surface area contributed by atoms with Crippen LogP contribution >= 0.6 is 7.53 Å². The SMILES string of the molecule is c1ccc(Cp2c(-c3ccccc3)ccc2-c2ccccc2)cc1. The molecule has 0 saturated carbocycles. The zero-order valence-corrected chi connectivity index (χ0v) is 14.4. The molecule has 0 N–H and O–H groups in total. The first kappa shape index (κ1) is 15.0. The molecule has 4 aromatic rings. The summed E-state index contributed by atoms with van der Waals surface area (Å²) in [4.78, 5) is 0. The first-order chi connectivity index (χ1) is 11.9.